The van der Waals surface area contributed by atoms with Gasteiger partial charge in [0, 0.05) is 11.3 Å². The fourth-order valence-electron chi connectivity index (χ4n) is 4.08. The van der Waals surface area contributed by atoms with Crippen molar-refractivity contribution in [3.63, 3.8) is 0 Å². The zero-order valence-electron chi connectivity index (χ0n) is 18.5. The van der Waals surface area contributed by atoms with E-state index in [1.807, 2.05) is 39.0 Å². The second-order valence-corrected chi connectivity index (χ2v) is 8.13. The molecule has 6 nitrogen and oxygen atoms in total. The number of benzene rings is 2. The molecular weight excluding hydrogens is 406 g/mol. The van der Waals surface area contributed by atoms with E-state index in [1.165, 1.54) is 11.2 Å². The first-order valence-corrected chi connectivity index (χ1v) is 10.4. The highest BCUT2D eigenvalue weighted by molar-refractivity contribution is 6.51. The number of aliphatic hydroxyl groups is 1. The topological polar surface area (TPSA) is 80.0 Å². The summed E-state index contributed by atoms with van der Waals surface area (Å²) in [5.41, 5.74) is 2.82. The van der Waals surface area contributed by atoms with Gasteiger partial charge in [-0.25, -0.2) is 0 Å². The smallest absolute Gasteiger partial charge is 0.300 e. The van der Waals surface area contributed by atoms with Gasteiger partial charge >= 0.3 is 0 Å². The van der Waals surface area contributed by atoms with Crippen molar-refractivity contribution in [2.24, 2.45) is 0 Å². The third-order valence-electron chi connectivity index (χ3n) is 5.66. The number of ketones is 1. The SMILES string of the molecule is COc1ccc(/C(O)=C2/C(=O)C(=O)N(c3cccc(C)c3)C2c2ccco2)cc1C(C)C. The minimum atomic E-state index is -0.878. The molecule has 1 aliphatic heterocycles. The molecule has 1 atom stereocenters. The number of carbonyl (C=O) groups is 2. The molecule has 0 spiro atoms. The lowest BCUT2D eigenvalue weighted by Crippen LogP contribution is -2.29. The average Bonchev–Trinajstić information content (AvgIpc) is 3.39. The first-order valence-electron chi connectivity index (χ1n) is 10.4. The van der Waals surface area contributed by atoms with Gasteiger partial charge in [0.25, 0.3) is 11.7 Å². The normalized spacial score (nSPS) is 17.9. The first-order chi connectivity index (χ1) is 15.3. The predicted molar refractivity (Wildman–Crippen MR) is 122 cm³/mol. The lowest BCUT2D eigenvalue weighted by atomic mass is 9.95. The van der Waals surface area contributed by atoms with Gasteiger partial charge in [-0.2, -0.15) is 0 Å². The van der Waals surface area contributed by atoms with Crippen LogP contribution in [0, 0.1) is 6.92 Å². The fourth-order valence-corrected chi connectivity index (χ4v) is 4.08. The highest BCUT2D eigenvalue weighted by atomic mass is 16.5. The number of carbonyl (C=O) groups excluding carboxylic acids is 2. The number of amides is 1. The quantitative estimate of drug-likeness (QED) is 0.335. The molecule has 1 fully saturated rings. The van der Waals surface area contributed by atoms with Crippen LogP contribution in [0.2, 0.25) is 0 Å². The number of hydrogen-bond acceptors (Lipinski definition) is 5. The number of aliphatic hydroxyl groups excluding tert-OH is 1. The molecular formula is C26H25NO5. The number of Topliss-reactive ketones (excluding diaryl/α,β-unsaturated/α-hetero) is 1. The van der Waals surface area contributed by atoms with Gasteiger partial charge in [-0.05, 0) is 66.4 Å². The number of anilines is 1. The highest BCUT2D eigenvalue weighted by Crippen LogP contribution is 2.43. The molecule has 0 saturated carbocycles. The minimum absolute atomic E-state index is 0.00803. The first kappa shape index (κ1) is 21.4. The van der Waals surface area contributed by atoms with Crippen LogP contribution in [0.3, 0.4) is 0 Å². The number of aryl methyl sites for hydroxylation is 1. The molecule has 0 aliphatic carbocycles. The van der Waals surface area contributed by atoms with Crippen molar-refractivity contribution >= 4 is 23.1 Å². The second-order valence-electron chi connectivity index (χ2n) is 8.13. The number of methoxy groups -OCH3 is 1. The van der Waals surface area contributed by atoms with E-state index in [2.05, 4.69) is 0 Å². The van der Waals surface area contributed by atoms with Crippen molar-refractivity contribution in [3.8, 4) is 5.75 Å². The monoisotopic (exact) mass is 431 g/mol. The summed E-state index contributed by atoms with van der Waals surface area (Å²) in [5, 5.41) is 11.3. The van der Waals surface area contributed by atoms with Crippen molar-refractivity contribution in [3.05, 3.63) is 88.9 Å². The van der Waals surface area contributed by atoms with E-state index < -0.39 is 17.7 Å². The van der Waals surface area contributed by atoms with Crippen LogP contribution < -0.4 is 9.64 Å². The maximum absolute atomic E-state index is 13.2. The summed E-state index contributed by atoms with van der Waals surface area (Å²) < 4.78 is 11.0. The molecule has 6 heteroatoms. The summed E-state index contributed by atoms with van der Waals surface area (Å²) >= 11 is 0. The van der Waals surface area contributed by atoms with Crippen LogP contribution in [0.1, 0.15) is 48.3 Å². The van der Waals surface area contributed by atoms with Crippen LogP contribution in [0.4, 0.5) is 5.69 Å². The van der Waals surface area contributed by atoms with E-state index >= 15 is 0 Å². The molecule has 4 rings (SSSR count). The minimum Gasteiger partial charge on any atom is -0.507 e. The molecule has 3 aromatic rings. The Morgan fingerprint density at radius 1 is 1.09 bits per heavy atom. The molecule has 1 N–H and O–H groups in total. The van der Waals surface area contributed by atoms with Gasteiger partial charge in [0.05, 0.1) is 18.9 Å². The summed E-state index contributed by atoms with van der Waals surface area (Å²) in [7, 11) is 1.59. The number of hydrogen-bond donors (Lipinski definition) is 1. The van der Waals surface area contributed by atoms with E-state index in [4.69, 9.17) is 9.15 Å². The number of ether oxygens (including phenoxy) is 1. The van der Waals surface area contributed by atoms with Gasteiger partial charge < -0.3 is 14.3 Å². The van der Waals surface area contributed by atoms with Crippen molar-refractivity contribution in [2.45, 2.75) is 32.7 Å². The Hall–Kier alpha value is -3.80. The van der Waals surface area contributed by atoms with Crippen LogP contribution in [-0.2, 0) is 9.59 Å². The summed E-state index contributed by atoms with van der Waals surface area (Å²) in [6, 6.07) is 15.0. The van der Waals surface area contributed by atoms with Crippen LogP contribution >= 0.6 is 0 Å². The van der Waals surface area contributed by atoms with E-state index in [-0.39, 0.29) is 17.3 Å². The number of nitrogens with zero attached hydrogens (tertiary/aromatic N) is 1. The third kappa shape index (κ3) is 3.58. The summed E-state index contributed by atoms with van der Waals surface area (Å²) in [5.74, 6) is -0.495. The van der Waals surface area contributed by atoms with Gasteiger partial charge in [0.2, 0.25) is 0 Å². The Balaban J connectivity index is 1.92. The molecule has 1 amide bonds. The molecule has 1 saturated heterocycles. The maximum Gasteiger partial charge on any atom is 0.300 e. The van der Waals surface area contributed by atoms with E-state index in [0.717, 1.165) is 11.1 Å². The molecule has 164 valence electrons. The Bertz CT molecular complexity index is 1210. The average molecular weight is 431 g/mol. The van der Waals surface area contributed by atoms with Gasteiger partial charge in [0.1, 0.15) is 23.3 Å². The lowest BCUT2D eigenvalue weighted by molar-refractivity contribution is -0.132. The van der Waals surface area contributed by atoms with Crippen molar-refractivity contribution < 1.29 is 23.8 Å². The molecule has 1 aliphatic rings. The largest absolute Gasteiger partial charge is 0.507 e. The molecule has 1 unspecified atom stereocenters. The fraction of sp³-hybridized carbons (Fsp3) is 0.231. The van der Waals surface area contributed by atoms with Gasteiger partial charge in [0.15, 0.2) is 0 Å². The van der Waals surface area contributed by atoms with E-state index in [1.54, 1.807) is 43.5 Å². The van der Waals surface area contributed by atoms with Crippen molar-refractivity contribution in [1.82, 2.24) is 0 Å². The molecule has 2 aromatic carbocycles. The van der Waals surface area contributed by atoms with E-state index in [0.29, 0.717) is 22.8 Å². The van der Waals surface area contributed by atoms with Gasteiger partial charge in [-0.15, -0.1) is 0 Å². The van der Waals surface area contributed by atoms with E-state index in [9.17, 15) is 14.7 Å². The maximum atomic E-state index is 13.2. The van der Waals surface area contributed by atoms with Crippen LogP contribution in [0.5, 0.6) is 5.75 Å². The lowest BCUT2D eigenvalue weighted by Gasteiger charge is -2.23. The third-order valence-corrected chi connectivity index (χ3v) is 5.66. The van der Waals surface area contributed by atoms with Crippen LogP contribution in [0.25, 0.3) is 5.76 Å². The Kier molecular flexibility index (Phi) is 5.61. The number of furan rings is 1. The van der Waals surface area contributed by atoms with Crippen molar-refractivity contribution in [2.75, 3.05) is 12.0 Å². The second kappa shape index (κ2) is 8.38. The Labute approximate surface area is 186 Å². The van der Waals surface area contributed by atoms with Crippen LogP contribution in [0.15, 0.2) is 70.9 Å². The molecule has 32 heavy (non-hydrogen) atoms. The molecule has 0 radical (unpaired) electrons. The van der Waals surface area contributed by atoms with Crippen LogP contribution in [-0.4, -0.2) is 23.9 Å². The summed E-state index contributed by atoms with van der Waals surface area (Å²) in [6.45, 7) is 5.94. The molecule has 1 aromatic heterocycles. The highest BCUT2D eigenvalue weighted by Gasteiger charge is 2.48. The standard InChI is InChI=1S/C26H25NO5/c1-15(2)19-14-17(10-11-20(19)31-4)24(28)22-23(21-9-6-12-32-21)27(26(30)25(22)29)18-8-5-7-16(3)13-18/h5-15,23,28H,1-4H3/b24-22-. The summed E-state index contributed by atoms with van der Waals surface area (Å²) in [6.07, 6.45) is 1.48. The molecule has 0 bridgehead atoms. The summed E-state index contributed by atoms with van der Waals surface area (Å²) in [4.78, 5) is 27.7. The Morgan fingerprint density at radius 3 is 2.50 bits per heavy atom. The van der Waals surface area contributed by atoms with Crippen molar-refractivity contribution in [1.29, 1.82) is 0 Å². The number of rotatable bonds is 5. The zero-order chi connectivity index (χ0) is 23.0. The molecule has 2 heterocycles. The van der Waals surface area contributed by atoms with Gasteiger partial charge in [-0.3, -0.25) is 14.5 Å². The zero-order valence-corrected chi connectivity index (χ0v) is 18.5. The predicted octanol–water partition coefficient (Wildman–Crippen LogP) is 5.35. The van der Waals surface area contributed by atoms with Gasteiger partial charge in [-0.1, -0.05) is 26.0 Å². The Morgan fingerprint density at radius 2 is 1.88 bits per heavy atom.